The fourth-order valence-corrected chi connectivity index (χ4v) is 1.33. The third-order valence-electron chi connectivity index (χ3n) is 2.28. The molecule has 0 radical (unpaired) electrons. The van der Waals surface area contributed by atoms with Gasteiger partial charge in [0.05, 0.1) is 12.8 Å². The van der Waals surface area contributed by atoms with Gasteiger partial charge in [-0.3, -0.25) is 4.79 Å². The van der Waals surface area contributed by atoms with Crippen LogP contribution < -0.4 is 10.1 Å². The lowest BCUT2D eigenvalue weighted by Gasteiger charge is -2.05. The smallest absolute Gasteiger partial charge is 0.258 e. The summed E-state index contributed by atoms with van der Waals surface area (Å²) in [5.41, 5.74) is 1.05. The van der Waals surface area contributed by atoms with E-state index in [9.17, 15) is 4.79 Å². The summed E-state index contributed by atoms with van der Waals surface area (Å²) in [6.07, 6.45) is 3.25. The van der Waals surface area contributed by atoms with Gasteiger partial charge in [-0.05, 0) is 24.6 Å². The molecule has 94 valence electrons. The Morgan fingerprint density at radius 2 is 2.33 bits per heavy atom. The number of rotatable bonds is 5. The maximum Gasteiger partial charge on any atom is 0.258 e. The zero-order chi connectivity index (χ0) is 12.8. The van der Waals surface area contributed by atoms with Crippen LogP contribution in [0.3, 0.4) is 0 Å². The van der Waals surface area contributed by atoms with Crippen LogP contribution in [0, 0.1) is 6.92 Å². The number of hydrogen-bond donors (Lipinski definition) is 1. The van der Waals surface area contributed by atoms with Crippen molar-refractivity contribution in [2.75, 3.05) is 6.61 Å². The van der Waals surface area contributed by atoms with Gasteiger partial charge in [0.25, 0.3) is 5.91 Å². The Morgan fingerprint density at radius 1 is 1.44 bits per heavy atom. The number of carbonyl (C=O) groups is 1. The van der Waals surface area contributed by atoms with Gasteiger partial charge < -0.3 is 14.5 Å². The van der Waals surface area contributed by atoms with E-state index in [2.05, 4.69) is 10.3 Å². The summed E-state index contributed by atoms with van der Waals surface area (Å²) in [4.78, 5) is 15.5. The van der Waals surface area contributed by atoms with Crippen molar-refractivity contribution in [3.63, 3.8) is 0 Å². The molecule has 2 aromatic heterocycles. The van der Waals surface area contributed by atoms with Crippen LogP contribution in [0.1, 0.15) is 11.3 Å². The topological polar surface area (TPSA) is 64.4 Å². The average Bonchev–Trinajstić information content (AvgIpc) is 2.89. The highest BCUT2D eigenvalue weighted by Crippen LogP contribution is 2.06. The Bertz CT molecular complexity index is 491. The number of pyridine rings is 1. The molecule has 2 heterocycles. The number of aryl methyl sites for hydroxylation is 1. The van der Waals surface area contributed by atoms with Gasteiger partial charge in [-0.25, -0.2) is 4.98 Å². The third kappa shape index (κ3) is 3.62. The van der Waals surface area contributed by atoms with E-state index in [-0.39, 0.29) is 12.5 Å². The van der Waals surface area contributed by atoms with Gasteiger partial charge >= 0.3 is 0 Å². The lowest BCUT2D eigenvalue weighted by Crippen LogP contribution is -2.28. The average molecular weight is 246 g/mol. The van der Waals surface area contributed by atoms with E-state index >= 15 is 0 Å². The lowest BCUT2D eigenvalue weighted by molar-refractivity contribution is -0.123. The van der Waals surface area contributed by atoms with E-state index in [1.165, 1.54) is 0 Å². The van der Waals surface area contributed by atoms with E-state index in [0.29, 0.717) is 18.2 Å². The lowest BCUT2D eigenvalue weighted by atomic mass is 10.3. The first kappa shape index (κ1) is 12.2. The van der Waals surface area contributed by atoms with Crippen LogP contribution in [0.2, 0.25) is 0 Å². The molecule has 5 heteroatoms. The van der Waals surface area contributed by atoms with Gasteiger partial charge in [0.15, 0.2) is 6.61 Å². The minimum Gasteiger partial charge on any atom is -0.468 e. The summed E-state index contributed by atoms with van der Waals surface area (Å²) in [6.45, 7) is 2.24. The van der Waals surface area contributed by atoms with E-state index in [4.69, 9.17) is 9.15 Å². The number of ether oxygens (including phenoxy) is 1. The second kappa shape index (κ2) is 5.86. The van der Waals surface area contributed by atoms with Crippen molar-refractivity contribution in [3.05, 3.63) is 48.0 Å². The minimum absolute atomic E-state index is 0.0588. The van der Waals surface area contributed by atoms with Crippen LogP contribution in [0.5, 0.6) is 5.88 Å². The van der Waals surface area contributed by atoms with Crippen LogP contribution in [0.15, 0.2) is 41.1 Å². The Balaban J connectivity index is 1.73. The molecular formula is C13H14N2O3. The van der Waals surface area contributed by atoms with Gasteiger partial charge in [-0.2, -0.15) is 0 Å². The summed E-state index contributed by atoms with van der Waals surface area (Å²) < 4.78 is 10.3. The molecule has 18 heavy (non-hydrogen) atoms. The molecule has 0 atom stereocenters. The molecule has 0 aliphatic heterocycles. The molecule has 0 saturated carbocycles. The van der Waals surface area contributed by atoms with Crippen LogP contribution >= 0.6 is 0 Å². The highest BCUT2D eigenvalue weighted by Gasteiger charge is 2.04. The monoisotopic (exact) mass is 246 g/mol. The summed E-state index contributed by atoms with van der Waals surface area (Å²) in [7, 11) is 0. The Kier molecular flexibility index (Phi) is 3.96. The molecule has 0 bridgehead atoms. The number of furan rings is 1. The van der Waals surface area contributed by atoms with Gasteiger partial charge in [-0.15, -0.1) is 0 Å². The van der Waals surface area contributed by atoms with Crippen LogP contribution in [-0.4, -0.2) is 17.5 Å². The van der Waals surface area contributed by atoms with Crippen molar-refractivity contribution in [2.45, 2.75) is 13.5 Å². The van der Waals surface area contributed by atoms with Crippen LogP contribution in [0.4, 0.5) is 0 Å². The van der Waals surface area contributed by atoms with Crippen LogP contribution in [0.25, 0.3) is 0 Å². The molecule has 0 saturated heterocycles. The zero-order valence-electron chi connectivity index (χ0n) is 10.1. The molecule has 5 nitrogen and oxygen atoms in total. The fourth-order valence-electron chi connectivity index (χ4n) is 1.33. The minimum atomic E-state index is -0.214. The van der Waals surface area contributed by atoms with Crippen molar-refractivity contribution in [3.8, 4) is 5.88 Å². The van der Waals surface area contributed by atoms with Crippen molar-refractivity contribution < 1.29 is 13.9 Å². The molecule has 0 aromatic carbocycles. The second-order valence-corrected chi connectivity index (χ2v) is 3.82. The zero-order valence-corrected chi connectivity index (χ0v) is 10.1. The second-order valence-electron chi connectivity index (χ2n) is 3.82. The van der Waals surface area contributed by atoms with Crippen LogP contribution in [-0.2, 0) is 11.3 Å². The number of amides is 1. The highest BCUT2D eigenvalue weighted by molar-refractivity contribution is 5.77. The van der Waals surface area contributed by atoms with Crippen molar-refractivity contribution in [1.29, 1.82) is 0 Å². The summed E-state index contributed by atoms with van der Waals surface area (Å²) in [6, 6.07) is 7.18. The molecule has 0 aliphatic rings. The van der Waals surface area contributed by atoms with Crippen molar-refractivity contribution in [2.24, 2.45) is 0 Å². The van der Waals surface area contributed by atoms with Gasteiger partial charge in [-0.1, -0.05) is 6.07 Å². The molecule has 0 fully saturated rings. The molecule has 2 rings (SSSR count). The fraction of sp³-hybridized carbons (Fsp3) is 0.231. The molecule has 0 unspecified atom stereocenters. The summed E-state index contributed by atoms with van der Waals surface area (Å²) in [5, 5.41) is 2.68. The number of hydrogen-bond acceptors (Lipinski definition) is 4. The number of nitrogens with one attached hydrogen (secondary N) is 1. The Morgan fingerprint density at radius 3 is 3.00 bits per heavy atom. The normalized spacial score (nSPS) is 10.1. The first-order valence-corrected chi connectivity index (χ1v) is 5.58. The predicted octanol–water partition coefficient (Wildman–Crippen LogP) is 1.68. The summed E-state index contributed by atoms with van der Waals surface area (Å²) >= 11 is 0. The number of nitrogens with zero attached hydrogens (tertiary/aromatic N) is 1. The van der Waals surface area contributed by atoms with Gasteiger partial charge in [0.2, 0.25) is 5.88 Å². The quantitative estimate of drug-likeness (QED) is 0.871. The van der Waals surface area contributed by atoms with Gasteiger partial charge in [0.1, 0.15) is 5.76 Å². The number of aromatic nitrogens is 1. The van der Waals surface area contributed by atoms with E-state index < -0.39 is 0 Å². The Hall–Kier alpha value is -2.30. The SMILES string of the molecule is Cc1ccc(OCC(=O)NCc2ccco2)nc1. The molecular weight excluding hydrogens is 232 g/mol. The molecule has 0 aliphatic carbocycles. The first-order chi connectivity index (χ1) is 8.74. The Labute approximate surface area is 105 Å². The molecule has 2 aromatic rings. The summed E-state index contributed by atoms with van der Waals surface area (Å²) in [5.74, 6) is 0.930. The number of carbonyl (C=O) groups excluding carboxylic acids is 1. The van der Waals surface area contributed by atoms with E-state index in [0.717, 1.165) is 5.56 Å². The first-order valence-electron chi connectivity index (χ1n) is 5.58. The largest absolute Gasteiger partial charge is 0.468 e. The molecule has 1 amide bonds. The molecule has 0 spiro atoms. The molecule has 1 N–H and O–H groups in total. The standard InChI is InChI=1S/C13H14N2O3/c1-10-4-5-13(15-7-10)18-9-12(16)14-8-11-3-2-6-17-11/h2-7H,8-9H2,1H3,(H,14,16). The van der Waals surface area contributed by atoms with Crippen molar-refractivity contribution in [1.82, 2.24) is 10.3 Å². The highest BCUT2D eigenvalue weighted by atomic mass is 16.5. The van der Waals surface area contributed by atoms with E-state index in [1.54, 1.807) is 30.7 Å². The predicted molar refractivity (Wildman–Crippen MR) is 65.0 cm³/mol. The van der Waals surface area contributed by atoms with E-state index in [1.807, 2.05) is 13.0 Å². The third-order valence-corrected chi connectivity index (χ3v) is 2.28. The maximum absolute atomic E-state index is 11.5. The van der Waals surface area contributed by atoms with Crippen molar-refractivity contribution >= 4 is 5.91 Å². The maximum atomic E-state index is 11.5. The van der Waals surface area contributed by atoms with Gasteiger partial charge in [0, 0.05) is 12.3 Å².